The Morgan fingerprint density at radius 2 is 1.93 bits per heavy atom. The highest BCUT2D eigenvalue weighted by Gasteiger charge is 2.20. The highest BCUT2D eigenvalue weighted by Crippen LogP contribution is 2.26. The SMILES string of the molecule is CN(C)C(=O)c1ncnn1Cc1c(-c2ccc(Cl)cc2)nc2ccccn12. The third kappa shape index (κ3) is 3.17. The second kappa shape index (κ2) is 6.85. The molecule has 7 nitrogen and oxygen atoms in total. The third-order valence-corrected chi connectivity index (χ3v) is 4.51. The fourth-order valence-corrected chi connectivity index (χ4v) is 3.05. The zero-order valence-corrected chi connectivity index (χ0v) is 15.6. The normalized spacial score (nSPS) is 11.1. The van der Waals surface area contributed by atoms with E-state index in [0.717, 1.165) is 22.6 Å². The van der Waals surface area contributed by atoms with Gasteiger partial charge in [0.05, 0.1) is 17.9 Å². The van der Waals surface area contributed by atoms with Crippen molar-refractivity contribution in [2.24, 2.45) is 0 Å². The quantitative estimate of drug-likeness (QED) is 0.545. The van der Waals surface area contributed by atoms with Crippen LogP contribution >= 0.6 is 11.6 Å². The molecule has 1 amide bonds. The summed E-state index contributed by atoms with van der Waals surface area (Å²) in [7, 11) is 3.38. The minimum Gasteiger partial charge on any atom is -0.342 e. The summed E-state index contributed by atoms with van der Waals surface area (Å²) in [6, 6.07) is 13.4. The van der Waals surface area contributed by atoms with Crippen molar-refractivity contribution in [3.8, 4) is 11.3 Å². The van der Waals surface area contributed by atoms with Gasteiger partial charge in [-0.2, -0.15) is 5.10 Å². The van der Waals surface area contributed by atoms with E-state index < -0.39 is 0 Å². The lowest BCUT2D eigenvalue weighted by Crippen LogP contribution is -2.26. The van der Waals surface area contributed by atoms with E-state index in [2.05, 4.69) is 10.1 Å². The molecule has 0 saturated heterocycles. The van der Waals surface area contributed by atoms with E-state index in [1.54, 1.807) is 18.8 Å². The van der Waals surface area contributed by atoms with E-state index in [1.807, 2.05) is 53.1 Å². The molecule has 0 bridgehead atoms. The van der Waals surface area contributed by atoms with Gasteiger partial charge in [-0.1, -0.05) is 29.8 Å². The Morgan fingerprint density at radius 1 is 1.15 bits per heavy atom. The number of imidazole rings is 1. The minimum atomic E-state index is -0.200. The lowest BCUT2D eigenvalue weighted by atomic mass is 10.1. The van der Waals surface area contributed by atoms with Gasteiger partial charge in [-0.15, -0.1) is 0 Å². The van der Waals surface area contributed by atoms with Crippen LogP contribution in [-0.4, -0.2) is 49.1 Å². The van der Waals surface area contributed by atoms with Gasteiger partial charge in [-0.25, -0.2) is 14.6 Å². The number of carbonyl (C=O) groups is 1. The molecule has 0 fully saturated rings. The fourth-order valence-electron chi connectivity index (χ4n) is 2.92. The van der Waals surface area contributed by atoms with Crippen LogP contribution in [0.25, 0.3) is 16.9 Å². The molecule has 27 heavy (non-hydrogen) atoms. The summed E-state index contributed by atoms with van der Waals surface area (Å²) in [6.07, 6.45) is 3.34. The Labute approximate surface area is 160 Å². The molecule has 3 aromatic heterocycles. The Bertz CT molecular complexity index is 1110. The van der Waals surface area contributed by atoms with Gasteiger partial charge < -0.3 is 9.30 Å². The first kappa shape index (κ1) is 17.2. The number of amides is 1. The average Bonchev–Trinajstić information content (AvgIpc) is 3.27. The van der Waals surface area contributed by atoms with Crippen molar-refractivity contribution >= 4 is 23.2 Å². The maximum absolute atomic E-state index is 12.4. The van der Waals surface area contributed by atoms with Crippen LogP contribution in [0.1, 0.15) is 16.3 Å². The van der Waals surface area contributed by atoms with Crippen molar-refractivity contribution < 1.29 is 4.79 Å². The number of halogens is 1. The van der Waals surface area contributed by atoms with Crippen molar-refractivity contribution in [2.45, 2.75) is 6.54 Å². The van der Waals surface area contributed by atoms with Crippen LogP contribution < -0.4 is 0 Å². The van der Waals surface area contributed by atoms with Crippen molar-refractivity contribution in [1.82, 2.24) is 29.0 Å². The minimum absolute atomic E-state index is 0.200. The molecule has 0 spiro atoms. The number of rotatable bonds is 4. The van der Waals surface area contributed by atoms with E-state index in [4.69, 9.17) is 16.6 Å². The van der Waals surface area contributed by atoms with Gasteiger partial charge in [-0.3, -0.25) is 4.79 Å². The van der Waals surface area contributed by atoms with Gasteiger partial charge in [-0.05, 0) is 24.3 Å². The molecule has 0 unspecified atom stereocenters. The molecular weight excluding hydrogens is 364 g/mol. The van der Waals surface area contributed by atoms with E-state index >= 15 is 0 Å². The summed E-state index contributed by atoms with van der Waals surface area (Å²) < 4.78 is 3.59. The van der Waals surface area contributed by atoms with E-state index in [1.165, 1.54) is 11.2 Å². The average molecular weight is 381 g/mol. The summed E-state index contributed by atoms with van der Waals surface area (Å²) in [5.74, 6) is 0.0855. The smallest absolute Gasteiger partial charge is 0.290 e. The first-order valence-electron chi connectivity index (χ1n) is 8.36. The number of hydrogen-bond acceptors (Lipinski definition) is 4. The number of aromatic nitrogens is 5. The molecule has 0 radical (unpaired) electrons. The van der Waals surface area contributed by atoms with Crippen LogP contribution in [0.2, 0.25) is 5.02 Å². The molecule has 4 aromatic rings. The van der Waals surface area contributed by atoms with Crippen LogP contribution in [0.3, 0.4) is 0 Å². The van der Waals surface area contributed by atoms with Crippen LogP contribution in [0.15, 0.2) is 55.0 Å². The number of fused-ring (bicyclic) bond motifs is 1. The molecule has 0 N–H and O–H groups in total. The van der Waals surface area contributed by atoms with E-state index in [-0.39, 0.29) is 11.7 Å². The molecular formula is C19H17ClN6O. The second-order valence-electron chi connectivity index (χ2n) is 6.28. The molecule has 0 aliphatic carbocycles. The fraction of sp³-hybridized carbons (Fsp3) is 0.158. The monoisotopic (exact) mass is 380 g/mol. The third-order valence-electron chi connectivity index (χ3n) is 4.26. The topological polar surface area (TPSA) is 68.3 Å². The van der Waals surface area contributed by atoms with Gasteiger partial charge in [0.2, 0.25) is 5.82 Å². The standard InChI is InChI=1S/C19H17ClN6O/c1-24(2)19(27)18-21-12-22-26(18)11-15-17(13-6-8-14(20)9-7-13)23-16-5-3-4-10-25(15)16/h3-10,12H,11H2,1-2H3. The largest absolute Gasteiger partial charge is 0.342 e. The van der Waals surface area contributed by atoms with Crippen LogP contribution in [0, 0.1) is 0 Å². The summed E-state index contributed by atoms with van der Waals surface area (Å²) in [6.45, 7) is 0.359. The van der Waals surface area contributed by atoms with Gasteiger partial charge in [0, 0.05) is 30.9 Å². The number of pyridine rings is 1. The highest BCUT2D eigenvalue weighted by molar-refractivity contribution is 6.30. The zero-order chi connectivity index (χ0) is 19.0. The first-order chi connectivity index (χ1) is 13.0. The maximum Gasteiger partial charge on any atom is 0.290 e. The van der Waals surface area contributed by atoms with Crippen molar-refractivity contribution in [3.05, 3.63) is 71.5 Å². The Balaban J connectivity index is 1.84. The summed E-state index contributed by atoms with van der Waals surface area (Å²) in [4.78, 5) is 22.7. The molecule has 0 aliphatic heterocycles. The number of carbonyl (C=O) groups excluding carboxylic acids is 1. The van der Waals surface area contributed by atoms with Crippen LogP contribution in [-0.2, 0) is 6.54 Å². The highest BCUT2D eigenvalue weighted by atomic mass is 35.5. The number of hydrogen-bond donors (Lipinski definition) is 0. The van der Waals surface area contributed by atoms with Gasteiger partial charge in [0.25, 0.3) is 5.91 Å². The van der Waals surface area contributed by atoms with Gasteiger partial charge in [0.15, 0.2) is 0 Å². The van der Waals surface area contributed by atoms with Gasteiger partial charge >= 0.3 is 0 Å². The molecule has 4 rings (SSSR count). The lowest BCUT2D eigenvalue weighted by molar-refractivity contribution is 0.0810. The molecule has 0 atom stereocenters. The first-order valence-corrected chi connectivity index (χ1v) is 8.74. The Hall–Kier alpha value is -3.19. The van der Waals surface area contributed by atoms with Crippen molar-refractivity contribution in [3.63, 3.8) is 0 Å². The number of nitrogens with zero attached hydrogens (tertiary/aromatic N) is 6. The molecule has 0 aliphatic rings. The predicted molar refractivity (Wildman–Crippen MR) is 103 cm³/mol. The molecule has 3 heterocycles. The maximum atomic E-state index is 12.4. The Kier molecular flexibility index (Phi) is 4.37. The second-order valence-corrected chi connectivity index (χ2v) is 6.72. The number of benzene rings is 1. The van der Waals surface area contributed by atoms with Crippen molar-refractivity contribution in [1.29, 1.82) is 0 Å². The van der Waals surface area contributed by atoms with E-state index in [9.17, 15) is 4.79 Å². The molecule has 8 heteroatoms. The summed E-state index contributed by atoms with van der Waals surface area (Å²) in [5, 5.41) is 4.91. The predicted octanol–water partition coefficient (Wildman–Crippen LogP) is 3.00. The Morgan fingerprint density at radius 3 is 2.67 bits per heavy atom. The summed E-state index contributed by atoms with van der Waals surface area (Å²) >= 11 is 6.03. The van der Waals surface area contributed by atoms with E-state index in [0.29, 0.717) is 11.6 Å². The van der Waals surface area contributed by atoms with Crippen LogP contribution in [0.5, 0.6) is 0 Å². The molecule has 136 valence electrons. The van der Waals surface area contributed by atoms with Crippen molar-refractivity contribution in [2.75, 3.05) is 14.1 Å². The summed E-state index contributed by atoms with van der Waals surface area (Å²) in [5.41, 5.74) is 3.49. The van der Waals surface area contributed by atoms with Crippen LogP contribution in [0.4, 0.5) is 0 Å². The lowest BCUT2D eigenvalue weighted by Gasteiger charge is -2.11. The van der Waals surface area contributed by atoms with Gasteiger partial charge in [0.1, 0.15) is 12.0 Å². The zero-order valence-electron chi connectivity index (χ0n) is 14.9. The molecule has 1 aromatic carbocycles. The molecule has 0 saturated carbocycles.